The zero-order valence-corrected chi connectivity index (χ0v) is 23.7. The average molecular weight is 579 g/mol. The van der Waals surface area contributed by atoms with Gasteiger partial charge in [-0.25, -0.2) is 14.3 Å². The Hall–Kier alpha value is -4.17. The van der Waals surface area contributed by atoms with E-state index in [0.717, 1.165) is 6.07 Å². The molecule has 41 heavy (non-hydrogen) atoms. The first-order valence-corrected chi connectivity index (χ1v) is 13.2. The van der Waals surface area contributed by atoms with Gasteiger partial charge in [0.05, 0.1) is 23.7 Å². The van der Waals surface area contributed by atoms with E-state index in [2.05, 4.69) is 20.5 Å². The number of amides is 3. The molecule has 1 fully saturated rings. The summed E-state index contributed by atoms with van der Waals surface area (Å²) in [5, 5.41) is 10.9. The number of ether oxygens (including phenoxy) is 1. The second kappa shape index (κ2) is 11.0. The lowest BCUT2D eigenvalue weighted by atomic mass is 9.91. The lowest BCUT2D eigenvalue weighted by molar-refractivity contribution is -0.142. The summed E-state index contributed by atoms with van der Waals surface area (Å²) in [6, 6.07) is 1.42. The van der Waals surface area contributed by atoms with Crippen molar-refractivity contribution in [2.45, 2.75) is 59.2 Å². The number of alkyl halides is 3. The van der Waals surface area contributed by atoms with Gasteiger partial charge in [0.1, 0.15) is 11.7 Å². The molecule has 1 unspecified atom stereocenters. The number of nitrogens with zero attached hydrogens (tertiary/aromatic N) is 7. The van der Waals surface area contributed by atoms with Crippen molar-refractivity contribution in [2.75, 3.05) is 38.1 Å². The Bertz CT molecular complexity index is 1470. The monoisotopic (exact) mass is 578 g/mol. The molecule has 3 aromatic rings. The van der Waals surface area contributed by atoms with Crippen LogP contribution in [-0.4, -0.2) is 84.9 Å². The van der Waals surface area contributed by atoms with Crippen molar-refractivity contribution >= 4 is 29.2 Å². The third kappa shape index (κ3) is 6.28. The van der Waals surface area contributed by atoms with E-state index in [1.807, 2.05) is 0 Å². The third-order valence-electron chi connectivity index (χ3n) is 6.76. The predicted octanol–water partition coefficient (Wildman–Crippen LogP) is 3.66. The van der Waals surface area contributed by atoms with E-state index in [1.54, 1.807) is 51.3 Å². The number of anilines is 1. The molecule has 1 aliphatic rings. The summed E-state index contributed by atoms with van der Waals surface area (Å²) in [4.78, 5) is 45.5. The quantitative estimate of drug-likeness (QED) is 0.490. The van der Waals surface area contributed by atoms with Gasteiger partial charge in [-0.2, -0.15) is 23.4 Å². The van der Waals surface area contributed by atoms with E-state index < -0.39 is 35.3 Å². The smallest absolute Gasteiger partial charge is 0.433 e. The molecule has 4 rings (SSSR count). The number of nitrogens with one attached hydrogen (secondary N) is 1. The molecule has 1 saturated heterocycles. The zero-order chi connectivity index (χ0) is 30.3. The van der Waals surface area contributed by atoms with Crippen molar-refractivity contribution in [3.05, 3.63) is 41.1 Å². The third-order valence-corrected chi connectivity index (χ3v) is 6.76. The molecule has 0 aliphatic carbocycles. The molecule has 0 bridgehead atoms. The van der Waals surface area contributed by atoms with Crippen LogP contribution in [0.5, 0.6) is 0 Å². The molecule has 0 saturated carbocycles. The van der Waals surface area contributed by atoms with Crippen LogP contribution < -0.4 is 5.32 Å². The van der Waals surface area contributed by atoms with Crippen molar-refractivity contribution in [2.24, 2.45) is 0 Å². The van der Waals surface area contributed by atoms with Crippen LogP contribution >= 0.6 is 0 Å². The van der Waals surface area contributed by atoms with Crippen LogP contribution in [0.1, 0.15) is 68.2 Å². The Labute approximate surface area is 234 Å². The van der Waals surface area contributed by atoms with E-state index in [9.17, 15) is 27.6 Å². The maximum absolute atomic E-state index is 13.8. The van der Waals surface area contributed by atoms with Gasteiger partial charge in [-0.05, 0) is 26.8 Å². The molecule has 0 radical (unpaired) electrons. The number of aryl methyl sites for hydroxylation is 1. The number of fused-ring (bicyclic) bond motifs is 1. The van der Waals surface area contributed by atoms with E-state index in [1.165, 1.54) is 16.9 Å². The van der Waals surface area contributed by atoms with E-state index in [4.69, 9.17) is 4.74 Å². The van der Waals surface area contributed by atoms with Crippen LogP contribution in [0.3, 0.4) is 0 Å². The first kappa shape index (κ1) is 29.8. The highest BCUT2D eigenvalue weighted by molar-refractivity contribution is 6.03. The van der Waals surface area contributed by atoms with Gasteiger partial charge in [-0.1, -0.05) is 20.8 Å². The predicted molar refractivity (Wildman–Crippen MR) is 141 cm³/mol. The molecule has 1 atom stereocenters. The lowest BCUT2D eigenvalue weighted by Gasteiger charge is -2.35. The fourth-order valence-electron chi connectivity index (χ4n) is 4.36. The van der Waals surface area contributed by atoms with Crippen LogP contribution in [0.4, 0.5) is 23.7 Å². The normalized spacial score (nSPS) is 15.2. The first-order valence-electron chi connectivity index (χ1n) is 13.2. The Balaban J connectivity index is 1.50. The van der Waals surface area contributed by atoms with Crippen LogP contribution in [0.2, 0.25) is 0 Å². The molecule has 0 aromatic carbocycles. The average Bonchev–Trinajstić information content (AvgIpc) is 3.50. The summed E-state index contributed by atoms with van der Waals surface area (Å²) < 4.78 is 48.4. The van der Waals surface area contributed by atoms with Crippen LogP contribution in [0, 0.1) is 6.92 Å². The van der Waals surface area contributed by atoms with Crippen molar-refractivity contribution in [3.63, 3.8) is 0 Å². The van der Waals surface area contributed by atoms with Crippen LogP contribution in [-0.2, 0) is 21.1 Å². The largest absolute Gasteiger partial charge is 0.450 e. The fourth-order valence-corrected chi connectivity index (χ4v) is 4.36. The number of carbonyl (C=O) groups excluding carboxylic acids is 3. The molecule has 222 valence electrons. The Morgan fingerprint density at radius 2 is 1.68 bits per heavy atom. The molecule has 15 heteroatoms. The lowest BCUT2D eigenvalue weighted by Crippen LogP contribution is -2.52. The Morgan fingerprint density at radius 3 is 2.27 bits per heavy atom. The van der Waals surface area contributed by atoms with Crippen molar-refractivity contribution in [1.29, 1.82) is 0 Å². The minimum Gasteiger partial charge on any atom is -0.450 e. The molecule has 1 aliphatic heterocycles. The molecule has 0 spiro atoms. The maximum Gasteiger partial charge on any atom is 0.433 e. The Kier molecular flexibility index (Phi) is 8.00. The van der Waals surface area contributed by atoms with E-state index >= 15 is 0 Å². The SMILES string of the molecule is CCOC(=O)N1CCN(C(=O)C(C)n2cc(NC(=O)c3cc4nc(C(C)(C)C)cc(C(F)(F)F)n4n3)c(C)n2)CC1. The number of piperazine rings is 1. The van der Waals surface area contributed by atoms with Gasteiger partial charge in [-0.15, -0.1) is 0 Å². The topological polar surface area (TPSA) is 127 Å². The van der Waals surface area contributed by atoms with Gasteiger partial charge < -0.3 is 19.9 Å². The molecule has 3 amide bonds. The number of aromatic nitrogens is 5. The highest BCUT2D eigenvalue weighted by atomic mass is 19.4. The first-order chi connectivity index (χ1) is 19.1. The number of carbonyl (C=O) groups is 3. The summed E-state index contributed by atoms with van der Waals surface area (Å²) in [7, 11) is 0. The van der Waals surface area contributed by atoms with Gasteiger partial charge in [0.15, 0.2) is 11.3 Å². The van der Waals surface area contributed by atoms with Gasteiger partial charge in [0.25, 0.3) is 5.91 Å². The van der Waals surface area contributed by atoms with Gasteiger partial charge in [-0.3, -0.25) is 14.3 Å². The highest BCUT2D eigenvalue weighted by Crippen LogP contribution is 2.33. The number of hydrogen-bond donors (Lipinski definition) is 1. The fraction of sp³-hybridized carbons (Fsp3) is 0.538. The van der Waals surface area contributed by atoms with E-state index in [0.29, 0.717) is 36.4 Å². The minimum atomic E-state index is -4.72. The standard InChI is InChI=1S/C26H33F3N8O4/c1-7-41-24(40)35-10-8-34(9-11-35)23(39)16(3)36-14-18(15(2)32-36)30-22(38)17-12-21-31-19(25(4,5)6)13-20(26(27,28)29)37(21)33-17/h12-14,16H,7-11H2,1-6H3,(H,30,38). The summed E-state index contributed by atoms with van der Waals surface area (Å²) in [5.41, 5.74) is -1.18. The second-order valence-electron chi connectivity index (χ2n) is 10.8. The molecule has 4 heterocycles. The molecule has 3 aromatic heterocycles. The number of halogens is 3. The summed E-state index contributed by atoms with van der Waals surface area (Å²) in [5.74, 6) is -0.965. The van der Waals surface area contributed by atoms with E-state index in [-0.39, 0.29) is 35.2 Å². The number of rotatable bonds is 5. The zero-order valence-electron chi connectivity index (χ0n) is 23.7. The minimum absolute atomic E-state index is 0.107. The molecule has 12 nitrogen and oxygen atoms in total. The maximum atomic E-state index is 13.8. The summed E-state index contributed by atoms with van der Waals surface area (Å²) >= 11 is 0. The Morgan fingerprint density at radius 1 is 1.05 bits per heavy atom. The second-order valence-corrected chi connectivity index (χ2v) is 10.8. The summed E-state index contributed by atoms with van der Waals surface area (Å²) in [6.07, 6.45) is -3.65. The summed E-state index contributed by atoms with van der Waals surface area (Å²) in [6.45, 7) is 11.9. The van der Waals surface area contributed by atoms with Crippen molar-refractivity contribution in [3.8, 4) is 0 Å². The molecule has 1 N–H and O–H groups in total. The highest BCUT2D eigenvalue weighted by Gasteiger charge is 2.37. The molecular formula is C26H33F3N8O4. The van der Waals surface area contributed by atoms with Gasteiger partial charge >= 0.3 is 12.3 Å². The van der Waals surface area contributed by atoms with Crippen molar-refractivity contribution in [1.82, 2.24) is 34.2 Å². The number of hydrogen-bond acceptors (Lipinski definition) is 7. The van der Waals surface area contributed by atoms with Crippen LogP contribution in [0.25, 0.3) is 5.65 Å². The van der Waals surface area contributed by atoms with Crippen LogP contribution in [0.15, 0.2) is 18.3 Å². The van der Waals surface area contributed by atoms with Gasteiger partial charge in [0, 0.05) is 43.9 Å². The van der Waals surface area contributed by atoms with Gasteiger partial charge in [0.2, 0.25) is 5.91 Å². The molecular weight excluding hydrogens is 545 g/mol. The van der Waals surface area contributed by atoms with Crippen molar-refractivity contribution < 1.29 is 32.3 Å².